The Labute approximate surface area is 133 Å². The molecule has 0 aliphatic heterocycles. The molecule has 0 aliphatic carbocycles. The molecule has 0 saturated carbocycles. The van der Waals surface area contributed by atoms with Crippen molar-refractivity contribution in [1.82, 2.24) is 15.0 Å². The van der Waals surface area contributed by atoms with Gasteiger partial charge in [0.05, 0.1) is 26.7 Å². The zero-order valence-electron chi connectivity index (χ0n) is 13.1. The molecule has 0 N–H and O–H groups in total. The number of methoxy groups -OCH3 is 1. The van der Waals surface area contributed by atoms with Gasteiger partial charge in [0.2, 0.25) is 0 Å². The van der Waals surface area contributed by atoms with Gasteiger partial charge >= 0.3 is 18.0 Å². The van der Waals surface area contributed by atoms with E-state index in [4.69, 9.17) is 16.6 Å². The number of nitriles is 1. The first-order valence-electron chi connectivity index (χ1n) is 6.84. The molecule has 9 nitrogen and oxygen atoms in total. The van der Waals surface area contributed by atoms with Crippen molar-refractivity contribution in [2.45, 2.75) is 38.3 Å². The van der Waals surface area contributed by atoms with Crippen molar-refractivity contribution in [3.05, 3.63) is 23.3 Å². The minimum atomic E-state index is -1.56. The first-order chi connectivity index (χ1) is 10.9. The highest BCUT2D eigenvalue weighted by Crippen LogP contribution is 2.30. The van der Waals surface area contributed by atoms with Gasteiger partial charge in [-0.15, -0.1) is 5.10 Å². The maximum Gasteiger partial charge on any atom is 0.328 e. The molecule has 0 amide bonds. The molecular formula is C14H17N5O4. The van der Waals surface area contributed by atoms with Crippen LogP contribution in [0.3, 0.4) is 0 Å². The van der Waals surface area contributed by atoms with Crippen LogP contribution in [0.25, 0.3) is 4.85 Å². The Balaban J connectivity index is 3.12. The second kappa shape index (κ2) is 7.90. The van der Waals surface area contributed by atoms with Crippen molar-refractivity contribution < 1.29 is 19.1 Å². The molecule has 0 fully saturated rings. The number of esters is 2. The van der Waals surface area contributed by atoms with Crippen LogP contribution in [0, 0.1) is 17.9 Å². The molecule has 2 unspecified atom stereocenters. The standard InChI is InChI=1S/C14H17N5O4/c1-5-23-13(21)14(2,10(8-15)16-3)11-9-19(18-17-11)7-6-12(20)22-4/h9-10H,5-7H2,1-2,4H3. The molecular weight excluding hydrogens is 302 g/mol. The summed E-state index contributed by atoms with van der Waals surface area (Å²) in [4.78, 5) is 26.6. The van der Waals surface area contributed by atoms with Gasteiger partial charge in [0.1, 0.15) is 5.69 Å². The van der Waals surface area contributed by atoms with Gasteiger partial charge in [-0.1, -0.05) is 5.21 Å². The zero-order chi connectivity index (χ0) is 17.5. The lowest BCUT2D eigenvalue weighted by Gasteiger charge is -2.22. The van der Waals surface area contributed by atoms with Crippen LogP contribution < -0.4 is 0 Å². The maximum absolute atomic E-state index is 12.3. The molecule has 1 aromatic heterocycles. The van der Waals surface area contributed by atoms with Crippen molar-refractivity contribution >= 4 is 11.9 Å². The Hall–Kier alpha value is -2.94. The van der Waals surface area contributed by atoms with E-state index in [-0.39, 0.29) is 25.3 Å². The summed E-state index contributed by atoms with van der Waals surface area (Å²) < 4.78 is 10.9. The Bertz CT molecular complexity index is 643. The van der Waals surface area contributed by atoms with E-state index >= 15 is 0 Å². The van der Waals surface area contributed by atoms with Crippen LogP contribution in [0.1, 0.15) is 26.0 Å². The maximum atomic E-state index is 12.3. The van der Waals surface area contributed by atoms with E-state index in [1.807, 2.05) is 0 Å². The van der Waals surface area contributed by atoms with Gasteiger partial charge in [-0.05, 0) is 13.8 Å². The van der Waals surface area contributed by atoms with E-state index < -0.39 is 23.4 Å². The van der Waals surface area contributed by atoms with Gasteiger partial charge in [0.25, 0.3) is 0 Å². The number of hydrogen-bond donors (Lipinski definition) is 0. The number of nitrogens with zero attached hydrogens (tertiary/aromatic N) is 5. The largest absolute Gasteiger partial charge is 0.469 e. The highest BCUT2D eigenvalue weighted by molar-refractivity contribution is 5.84. The van der Waals surface area contributed by atoms with Crippen molar-refractivity contribution in [2.24, 2.45) is 0 Å². The summed E-state index contributed by atoms with van der Waals surface area (Å²) in [6.45, 7) is 10.5. The fraction of sp³-hybridized carbons (Fsp3) is 0.571. The molecule has 1 rings (SSSR count). The molecule has 1 heterocycles. The van der Waals surface area contributed by atoms with Crippen molar-refractivity contribution in [3.8, 4) is 6.07 Å². The van der Waals surface area contributed by atoms with Crippen LogP contribution >= 0.6 is 0 Å². The summed E-state index contributed by atoms with van der Waals surface area (Å²) in [6.07, 6.45) is 1.51. The minimum Gasteiger partial charge on any atom is -0.469 e. The predicted octanol–water partition coefficient (Wildman–Crippen LogP) is 0.473. The van der Waals surface area contributed by atoms with Crippen molar-refractivity contribution in [2.75, 3.05) is 13.7 Å². The fourth-order valence-corrected chi connectivity index (χ4v) is 1.88. The number of hydrogen-bond acceptors (Lipinski definition) is 7. The number of carbonyl (C=O) groups is 2. The van der Waals surface area contributed by atoms with Gasteiger partial charge in [0, 0.05) is 6.20 Å². The average Bonchev–Trinajstić information content (AvgIpc) is 3.03. The molecule has 9 heteroatoms. The number of rotatable bonds is 7. The normalized spacial score (nSPS) is 14.0. The molecule has 0 aliphatic rings. The first-order valence-corrected chi connectivity index (χ1v) is 6.84. The van der Waals surface area contributed by atoms with Crippen LogP contribution in [0.4, 0.5) is 0 Å². The average molecular weight is 319 g/mol. The summed E-state index contributed by atoms with van der Waals surface area (Å²) in [7, 11) is 1.28. The van der Waals surface area contributed by atoms with Crippen LogP contribution in [0.5, 0.6) is 0 Å². The summed E-state index contributed by atoms with van der Waals surface area (Å²) in [5, 5.41) is 16.9. The Morgan fingerprint density at radius 2 is 2.30 bits per heavy atom. The van der Waals surface area contributed by atoms with Gasteiger partial charge in [-0.25, -0.2) is 6.57 Å². The Morgan fingerprint density at radius 1 is 1.61 bits per heavy atom. The number of aryl methyl sites for hydroxylation is 1. The molecule has 2 atom stereocenters. The van der Waals surface area contributed by atoms with E-state index in [9.17, 15) is 9.59 Å². The topological polar surface area (TPSA) is 111 Å². The van der Waals surface area contributed by atoms with Gasteiger partial charge < -0.3 is 9.47 Å². The van der Waals surface area contributed by atoms with Gasteiger partial charge in [-0.3, -0.25) is 19.1 Å². The zero-order valence-corrected chi connectivity index (χ0v) is 13.1. The summed E-state index contributed by atoms with van der Waals surface area (Å²) in [6, 6.07) is 0.494. The van der Waals surface area contributed by atoms with E-state index in [0.717, 1.165) is 0 Å². The molecule has 0 radical (unpaired) electrons. The quantitative estimate of drug-likeness (QED) is 0.530. The summed E-state index contributed by atoms with van der Waals surface area (Å²) in [5.74, 6) is -1.13. The molecule has 122 valence electrons. The highest BCUT2D eigenvalue weighted by atomic mass is 16.5. The van der Waals surface area contributed by atoms with Gasteiger partial charge in [0.15, 0.2) is 11.5 Å². The van der Waals surface area contributed by atoms with E-state index in [0.29, 0.717) is 0 Å². The van der Waals surface area contributed by atoms with Crippen molar-refractivity contribution in [1.29, 1.82) is 5.26 Å². The van der Waals surface area contributed by atoms with Crippen molar-refractivity contribution in [3.63, 3.8) is 0 Å². The first kappa shape index (κ1) is 18.1. The SMILES string of the molecule is [C-]#[N+]C(C#N)C(C)(C(=O)OCC)c1cn(CCC(=O)OC)nn1. The monoisotopic (exact) mass is 319 g/mol. The van der Waals surface area contributed by atoms with E-state index in [1.54, 1.807) is 13.0 Å². The summed E-state index contributed by atoms with van der Waals surface area (Å²) in [5.41, 5.74) is -1.42. The third kappa shape index (κ3) is 3.83. The lowest BCUT2D eigenvalue weighted by Crippen LogP contribution is -2.43. The predicted molar refractivity (Wildman–Crippen MR) is 76.6 cm³/mol. The fourth-order valence-electron chi connectivity index (χ4n) is 1.88. The number of carbonyl (C=O) groups excluding carboxylic acids is 2. The molecule has 1 aromatic rings. The number of ether oxygens (including phenoxy) is 2. The van der Waals surface area contributed by atoms with Crippen LogP contribution in [0.2, 0.25) is 0 Å². The second-order valence-corrected chi connectivity index (χ2v) is 4.78. The lowest BCUT2D eigenvalue weighted by atomic mass is 9.80. The summed E-state index contributed by atoms with van der Waals surface area (Å²) >= 11 is 0. The van der Waals surface area contributed by atoms with Gasteiger partial charge in [-0.2, -0.15) is 5.26 Å². The lowest BCUT2D eigenvalue weighted by molar-refractivity contribution is -0.149. The highest BCUT2D eigenvalue weighted by Gasteiger charge is 2.52. The molecule has 0 bridgehead atoms. The minimum absolute atomic E-state index is 0.0833. The Morgan fingerprint density at radius 3 is 2.83 bits per heavy atom. The van der Waals surface area contributed by atoms with Crippen LogP contribution in [-0.2, 0) is 31.0 Å². The third-order valence-electron chi connectivity index (χ3n) is 3.34. The van der Waals surface area contributed by atoms with E-state index in [2.05, 4.69) is 19.9 Å². The molecule has 0 spiro atoms. The molecule has 0 aromatic carbocycles. The molecule has 23 heavy (non-hydrogen) atoms. The Kier molecular flexibility index (Phi) is 6.22. The second-order valence-electron chi connectivity index (χ2n) is 4.78. The van der Waals surface area contributed by atoms with E-state index in [1.165, 1.54) is 24.9 Å². The third-order valence-corrected chi connectivity index (χ3v) is 3.34. The van der Waals surface area contributed by atoms with Crippen LogP contribution in [-0.4, -0.2) is 46.7 Å². The smallest absolute Gasteiger partial charge is 0.328 e. The number of aromatic nitrogens is 3. The van der Waals surface area contributed by atoms with Crippen LogP contribution in [0.15, 0.2) is 6.20 Å². The molecule has 0 saturated heterocycles.